The van der Waals surface area contributed by atoms with E-state index in [1.807, 2.05) is 0 Å². The highest BCUT2D eigenvalue weighted by Gasteiger charge is 2.56. The topological polar surface area (TPSA) is 12.0 Å². The highest BCUT2D eigenvalue weighted by atomic mass is 14.9. The normalized spacial score (nSPS) is 55.2. The maximum Gasteiger partial charge on any atom is 0.000767 e. The third kappa shape index (κ3) is 0.783. The van der Waals surface area contributed by atoms with E-state index in [4.69, 9.17) is 0 Å². The molecule has 4 saturated carbocycles. The molecule has 0 amide bonds. The second-order valence-electron chi connectivity index (χ2n) is 5.44. The Morgan fingerprint density at radius 1 is 1.17 bits per heavy atom. The lowest BCUT2D eigenvalue weighted by Gasteiger charge is -2.32. The van der Waals surface area contributed by atoms with Crippen molar-refractivity contribution in [3.63, 3.8) is 0 Å². The first-order chi connectivity index (χ1) is 5.82. The average molecular weight is 165 g/mol. The van der Waals surface area contributed by atoms with E-state index in [0.29, 0.717) is 0 Å². The molecule has 1 N–H and O–H groups in total. The van der Waals surface area contributed by atoms with Crippen molar-refractivity contribution in [2.24, 2.45) is 23.2 Å². The molecule has 0 aromatic carbocycles. The molecule has 4 aliphatic carbocycles. The first-order valence-electron chi connectivity index (χ1n) is 5.47. The average Bonchev–Trinajstić information content (AvgIpc) is 2.36. The van der Waals surface area contributed by atoms with Gasteiger partial charge in [0.15, 0.2) is 0 Å². The maximum absolute atomic E-state index is 3.41. The van der Waals surface area contributed by atoms with Crippen molar-refractivity contribution in [3.8, 4) is 0 Å². The highest BCUT2D eigenvalue weighted by Crippen LogP contribution is 2.64. The van der Waals surface area contributed by atoms with E-state index in [9.17, 15) is 0 Å². The maximum atomic E-state index is 3.41. The van der Waals surface area contributed by atoms with Crippen LogP contribution in [0.3, 0.4) is 0 Å². The minimum absolute atomic E-state index is 0.766. The summed E-state index contributed by atoms with van der Waals surface area (Å²) in [6, 6.07) is 0. The molecule has 0 spiro atoms. The largest absolute Gasteiger partial charge is 0.319 e. The summed E-state index contributed by atoms with van der Waals surface area (Å²) in [5, 5.41) is 3.41. The van der Waals surface area contributed by atoms with Crippen molar-refractivity contribution in [3.05, 3.63) is 0 Å². The molecule has 4 bridgehead atoms. The van der Waals surface area contributed by atoms with Gasteiger partial charge in [0, 0.05) is 6.54 Å². The zero-order valence-corrected chi connectivity index (χ0v) is 7.97. The molecule has 12 heavy (non-hydrogen) atoms. The van der Waals surface area contributed by atoms with E-state index in [1.54, 1.807) is 32.1 Å². The number of rotatable bonds is 2. The summed E-state index contributed by atoms with van der Waals surface area (Å²) >= 11 is 0. The standard InChI is InChI=1S/C11H19N/c1-12-7-11-5-8-2-9(6-11)4-10(11)3-8/h8-10,12H,2-7H2,1H3. The lowest BCUT2D eigenvalue weighted by Crippen LogP contribution is -2.33. The molecule has 4 rings (SSSR count). The van der Waals surface area contributed by atoms with Gasteiger partial charge in [0.1, 0.15) is 0 Å². The second-order valence-corrected chi connectivity index (χ2v) is 5.44. The summed E-state index contributed by atoms with van der Waals surface area (Å²) in [4.78, 5) is 0. The molecule has 0 saturated heterocycles. The SMILES string of the molecule is CNCC12CC3CC(CC1C3)C2. The predicted molar refractivity (Wildman–Crippen MR) is 49.9 cm³/mol. The molecule has 2 atom stereocenters. The third-order valence-corrected chi connectivity index (χ3v) is 4.69. The van der Waals surface area contributed by atoms with Gasteiger partial charge < -0.3 is 5.32 Å². The Hall–Kier alpha value is -0.0400. The Labute approximate surface area is 74.9 Å². The van der Waals surface area contributed by atoms with Gasteiger partial charge in [0.05, 0.1) is 0 Å². The van der Waals surface area contributed by atoms with Gasteiger partial charge in [-0.3, -0.25) is 0 Å². The summed E-state index contributed by atoms with van der Waals surface area (Å²) < 4.78 is 0. The van der Waals surface area contributed by atoms with Crippen LogP contribution in [0.2, 0.25) is 0 Å². The van der Waals surface area contributed by atoms with Crippen molar-refractivity contribution in [1.29, 1.82) is 0 Å². The van der Waals surface area contributed by atoms with Crippen LogP contribution in [0.5, 0.6) is 0 Å². The third-order valence-electron chi connectivity index (χ3n) is 4.69. The van der Waals surface area contributed by atoms with Crippen molar-refractivity contribution in [2.45, 2.75) is 32.1 Å². The van der Waals surface area contributed by atoms with Crippen LogP contribution in [-0.4, -0.2) is 13.6 Å². The van der Waals surface area contributed by atoms with E-state index in [-0.39, 0.29) is 0 Å². The van der Waals surface area contributed by atoms with E-state index in [0.717, 1.165) is 23.2 Å². The van der Waals surface area contributed by atoms with E-state index >= 15 is 0 Å². The molecular weight excluding hydrogens is 146 g/mol. The van der Waals surface area contributed by atoms with Crippen LogP contribution < -0.4 is 5.32 Å². The van der Waals surface area contributed by atoms with Crippen LogP contribution in [0.15, 0.2) is 0 Å². The Balaban J connectivity index is 1.88. The van der Waals surface area contributed by atoms with E-state index < -0.39 is 0 Å². The van der Waals surface area contributed by atoms with Gasteiger partial charge >= 0.3 is 0 Å². The van der Waals surface area contributed by atoms with Gasteiger partial charge in [-0.1, -0.05) is 0 Å². The summed E-state index contributed by atoms with van der Waals surface area (Å²) in [7, 11) is 2.12. The molecule has 0 aromatic heterocycles. The fourth-order valence-electron chi connectivity index (χ4n) is 4.61. The van der Waals surface area contributed by atoms with Gasteiger partial charge in [0.2, 0.25) is 0 Å². The molecule has 4 fully saturated rings. The van der Waals surface area contributed by atoms with Gasteiger partial charge in [-0.05, 0) is 62.3 Å². The van der Waals surface area contributed by atoms with Crippen molar-refractivity contribution >= 4 is 0 Å². The molecule has 1 heteroatoms. The van der Waals surface area contributed by atoms with Gasteiger partial charge in [-0.25, -0.2) is 0 Å². The number of hydrogen-bond acceptors (Lipinski definition) is 1. The van der Waals surface area contributed by atoms with Crippen LogP contribution in [0.25, 0.3) is 0 Å². The Morgan fingerprint density at radius 2 is 1.83 bits per heavy atom. The first kappa shape index (κ1) is 7.37. The zero-order valence-electron chi connectivity index (χ0n) is 7.97. The predicted octanol–water partition coefficient (Wildman–Crippen LogP) is 2.03. The van der Waals surface area contributed by atoms with Crippen molar-refractivity contribution in [1.82, 2.24) is 5.32 Å². The van der Waals surface area contributed by atoms with Crippen LogP contribution >= 0.6 is 0 Å². The zero-order chi connectivity index (χ0) is 8.18. The van der Waals surface area contributed by atoms with Crippen LogP contribution in [0, 0.1) is 23.2 Å². The molecule has 0 heterocycles. The minimum Gasteiger partial charge on any atom is -0.319 e. The molecule has 68 valence electrons. The molecule has 0 radical (unpaired) electrons. The monoisotopic (exact) mass is 165 g/mol. The smallest absolute Gasteiger partial charge is 0.000767 e. The molecule has 0 aromatic rings. The fraction of sp³-hybridized carbons (Fsp3) is 1.00. The van der Waals surface area contributed by atoms with Crippen molar-refractivity contribution < 1.29 is 0 Å². The van der Waals surface area contributed by atoms with Crippen LogP contribution in [0.1, 0.15) is 32.1 Å². The molecule has 1 nitrogen and oxygen atoms in total. The van der Waals surface area contributed by atoms with Crippen LogP contribution in [0.4, 0.5) is 0 Å². The molecule has 4 aliphatic rings. The number of hydrogen-bond donors (Lipinski definition) is 1. The minimum atomic E-state index is 0.766. The van der Waals surface area contributed by atoms with Gasteiger partial charge in [-0.2, -0.15) is 0 Å². The van der Waals surface area contributed by atoms with E-state index in [1.165, 1.54) is 6.54 Å². The Kier molecular flexibility index (Phi) is 1.39. The number of nitrogens with one attached hydrogen (secondary N) is 1. The lowest BCUT2D eigenvalue weighted by atomic mass is 9.75. The Morgan fingerprint density at radius 3 is 2.42 bits per heavy atom. The van der Waals surface area contributed by atoms with Crippen LogP contribution in [-0.2, 0) is 0 Å². The molecule has 0 aliphatic heterocycles. The fourth-order valence-corrected chi connectivity index (χ4v) is 4.61. The summed E-state index contributed by atoms with van der Waals surface area (Å²) in [6.45, 7) is 1.30. The Bertz CT molecular complexity index is 185. The summed E-state index contributed by atoms with van der Waals surface area (Å²) in [6.07, 6.45) is 7.81. The second kappa shape index (κ2) is 2.25. The first-order valence-corrected chi connectivity index (χ1v) is 5.47. The lowest BCUT2D eigenvalue weighted by molar-refractivity contribution is 0.198. The van der Waals surface area contributed by atoms with Gasteiger partial charge in [-0.15, -0.1) is 0 Å². The molecular formula is C11H19N. The van der Waals surface area contributed by atoms with Gasteiger partial charge in [0.25, 0.3) is 0 Å². The summed E-state index contributed by atoms with van der Waals surface area (Å²) in [5.74, 6) is 3.35. The quantitative estimate of drug-likeness (QED) is 0.660. The highest BCUT2D eigenvalue weighted by molar-refractivity contribution is 5.07. The van der Waals surface area contributed by atoms with E-state index in [2.05, 4.69) is 12.4 Å². The van der Waals surface area contributed by atoms with Crippen molar-refractivity contribution in [2.75, 3.05) is 13.6 Å². The molecule has 2 unspecified atom stereocenters. The summed E-state index contributed by atoms with van der Waals surface area (Å²) in [5.41, 5.74) is 0.766.